The summed E-state index contributed by atoms with van der Waals surface area (Å²) in [5, 5.41) is 3.51. The van der Waals surface area contributed by atoms with E-state index in [1.54, 1.807) is 0 Å². The normalized spacial score (nSPS) is 16.6. The van der Waals surface area contributed by atoms with Crippen LogP contribution in [0.3, 0.4) is 0 Å². The average molecular weight is 174 g/mol. The van der Waals surface area contributed by atoms with Gasteiger partial charge in [0.1, 0.15) is 0 Å². The van der Waals surface area contributed by atoms with Crippen molar-refractivity contribution in [2.75, 3.05) is 0 Å². The van der Waals surface area contributed by atoms with E-state index in [0.29, 0.717) is 6.04 Å². The molecule has 1 aromatic rings. The highest BCUT2D eigenvalue weighted by molar-refractivity contribution is 5.10. The highest BCUT2D eigenvalue weighted by Gasteiger charge is 2.08. The first-order valence-corrected chi connectivity index (χ1v) is 4.72. The van der Waals surface area contributed by atoms with Gasteiger partial charge in [-0.05, 0) is 30.5 Å². The molecule has 0 fully saturated rings. The molecule has 13 heavy (non-hydrogen) atoms. The molecule has 0 unspecified atom stereocenters. The van der Waals surface area contributed by atoms with Crippen LogP contribution in [0.1, 0.15) is 18.4 Å². The molecular weight excluding hydrogens is 160 g/mol. The third-order valence-electron chi connectivity index (χ3n) is 2.35. The fraction of sp³-hybridized carbons (Fsp3) is 0.364. The molecule has 2 nitrogen and oxygen atoms in total. The van der Waals surface area contributed by atoms with Crippen LogP contribution in [0.4, 0.5) is 0 Å². The fourth-order valence-electron chi connectivity index (χ4n) is 1.55. The predicted octanol–water partition coefficient (Wildman–Crippen LogP) is 1.89. The molecule has 0 amide bonds. The second-order valence-electron chi connectivity index (χ2n) is 3.38. The average Bonchev–Trinajstić information content (AvgIpc) is 2.69. The first-order chi connectivity index (χ1) is 6.45. The predicted molar refractivity (Wildman–Crippen MR) is 53.2 cm³/mol. The van der Waals surface area contributed by atoms with Gasteiger partial charge >= 0.3 is 0 Å². The molecule has 1 aliphatic rings. The summed E-state index contributed by atoms with van der Waals surface area (Å²) in [6, 6.07) is 4.75. The van der Waals surface area contributed by atoms with Gasteiger partial charge in [-0.15, -0.1) is 0 Å². The largest absolute Gasteiger partial charge is 0.309 e. The Morgan fingerprint density at radius 2 is 1.92 bits per heavy atom. The Balaban J connectivity index is 1.80. The molecule has 0 spiro atoms. The Hall–Kier alpha value is -1.15. The van der Waals surface area contributed by atoms with Gasteiger partial charge in [0.2, 0.25) is 0 Å². The first kappa shape index (κ1) is 8.45. The third-order valence-corrected chi connectivity index (χ3v) is 2.35. The van der Waals surface area contributed by atoms with Gasteiger partial charge in [0.15, 0.2) is 0 Å². The van der Waals surface area contributed by atoms with Crippen LogP contribution in [0.5, 0.6) is 0 Å². The van der Waals surface area contributed by atoms with Crippen molar-refractivity contribution in [3.63, 3.8) is 0 Å². The molecule has 68 valence electrons. The van der Waals surface area contributed by atoms with E-state index in [9.17, 15) is 0 Å². The zero-order valence-electron chi connectivity index (χ0n) is 7.61. The van der Waals surface area contributed by atoms with Crippen LogP contribution in [0.25, 0.3) is 0 Å². The minimum Gasteiger partial charge on any atom is -0.309 e. The SMILES string of the molecule is C1=CCC(NCc2ccncc2)C1. The standard InChI is InChI=1S/C11H14N2/c1-2-4-11(3-1)13-9-10-5-7-12-8-6-10/h1-2,5-8,11,13H,3-4,9H2. The Bertz CT molecular complexity index is 271. The van der Waals surface area contributed by atoms with E-state index in [1.165, 1.54) is 18.4 Å². The summed E-state index contributed by atoms with van der Waals surface area (Å²) in [4.78, 5) is 3.99. The van der Waals surface area contributed by atoms with Gasteiger partial charge < -0.3 is 5.32 Å². The summed E-state index contributed by atoms with van der Waals surface area (Å²) in [6.45, 7) is 0.953. The third kappa shape index (κ3) is 2.39. The molecule has 0 radical (unpaired) electrons. The van der Waals surface area contributed by atoms with Crippen molar-refractivity contribution >= 4 is 0 Å². The fourth-order valence-corrected chi connectivity index (χ4v) is 1.55. The quantitative estimate of drug-likeness (QED) is 0.708. The van der Waals surface area contributed by atoms with E-state index in [2.05, 4.69) is 34.6 Å². The van der Waals surface area contributed by atoms with E-state index in [0.717, 1.165) is 6.54 Å². The zero-order valence-corrected chi connectivity index (χ0v) is 7.61. The minimum atomic E-state index is 0.646. The van der Waals surface area contributed by atoms with Crippen LogP contribution >= 0.6 is 0 Å². The molecule has 0 atom stereocenters. The van der Waals surface area contributed by atoms with Crippen molar-refractivity contribution in [3.8, 4) is 0 Å². The molecule has 2 heteroatoms. The van der Waals surface area contributed by atoms with Gasteiger partial charge in [0.05, 0.1) is 0 Å². The highest BCUT2D eigenvalue weighted by Crippen LogP contribution is 2.09. The van der Waals surface area contributed by atoms with E-state index in [1.807, 2.05) is 12.4 Å². The lowest BCUT2D eigenvalue weighted by molar-refractivity contribution is 0.538. The number of nitrogens with one attached hydrogen (secondary N) is 1. The number of hydrogen-bond acceptors (Lipinski definition) is 2. The van der Waals surface area contributed by atoms with Crippen LogP contribution in [0.2, 0.25) is 0 Å². The molecule has 1 aliphatic carbocycles. The smallest absolute Gasteiger partial charge is 0.0271 e. The molecule has 2 rings (SSSR count). The second kappa shape index (κ2) is 4.19. The lowest BCUT2D eigenvalue weighted by Crippen LogP contribution is -2.25. The van der Waals surface area contributed by atoms with Gasteiger partial charge in [-0.2, -0.15) is 0 Å². The molecule has 0 bridgehead atoms. The first-order valence-electron chi connectivity index (χ1n) is 4.72. The number of aromatic nitrogens is 1. The van der Waals surface area contributed by atoms with Gasteiger partial charge in [0, 0.05) is 25.0 Å². The van der Waals surface area contributed by atoms with Gasteiger partial charge in [-0.25, -0.2) is 0 Å². The lowest BCUT2D eigenvalue weighted by atomic mass is 10.2. The highest BCUT2D eigenvalue weighted by atomic mass is 14.9. The van der Waals surface area contributed by atoms with E-state index in [4.69, 9.17) is 0 Å². The van der Waals surface area contributed by atoms with Gasteiger partial charge in [0.25, 0.3) is 0 Å². The van der Waals surface area contributed by atoms with Crippen molar-refractivity contribution in [3.05, 3.63) is 42.2 Å². The monoisotopic (exact) mass is 174 g/mol. The summed E-state index contributed by atoms with van der Waals surface area (Å²) in [7, 11) is 0. The Morgan fingerprint density at radius 1 is 1.23 bits per heavy atom. The molecule has 1 aromatic heterocycles. The molecule has 1 N–H and O–H groups in total. The zero-order chi connectivity index (χ0) is 8.93. The Kier molecular flexibility index (Phi) is 2.72. The Morgan fingerprint density at radius 3 is 2.62 bits per heavy atom. The minimum absolute atomic E-state index is 0.646. The lowest BCUT2D eigenvalue weighted by Gasteiger charge is -2.11. The maximum absolute atomic E-state index is 3.99. The molecule has 0 aliphatic heterocycles. The summed E-state index contributed by atoms with van der Waals surface area (Å²) in [5.74, 6) is 0. The second-order valence-corrected chi connectivity index (χ2v) is 3.38. The van der Waals surface area contributed by atoms with Crippen molar-refractivity contribution in [2.24, 2.45) is 0 Å². The van der Waals surface area contributed by atoms with Gasteiger partial charge in [-0.3, -0.25) is 4.98 Å². The molecule has 0 aromatic carbocycles. The summed E-state index contributed by atoms with van der Waals surface area (Å²) in [6.07, 6.45) is 10.5. The van der Waals surface area contributed by atoms with E-state index in [-0.39, 0.29) is 0 Å². The van der Waals surface area contributed by atoms with Crippen LogP contribution in [0, 0.1) is 0 Å². The molecule has 1 heterocycles. The van der Waals surface area contributed by atoms with Gasteiger partial charge in [-0.1, -0.05) is 12.2 Å². The molecular formula is C11H14N2. The summed E-state index contributed by atoms with van der Waals surface area (Å²) >= 11 is 0. The number of pyridine rings is 1. The van der Waals surface area contributed by atoms with Crippen molar-refractivity contribution in [1.82, 2.24) is 10.3 Å². The maximum Gasteiger partial charge on any atom is 0.0271 e. The summed E-state index contributed by atoms with van der Waals surface area (Å²) < 4.78 is 0. The topological polar surface area (TPSA) is 24.9 Å². The van der Waals surface area contributed by atoms with E-state index < -0.39 is 0 Å². The van der Waals surface area contributed by atoms with Crippen molar-refractivity contribution < 1.29 is 0 Å². The van der Waals surface area contributed by atoms with Crippen LogP contribution in [0.15, 0.2) is 36.7 Å². The van der Waals surface area contributed by atoms with E-state index >= 15 is 0 Å². The number of hydrogen-bond donors (Lipinski definition) is 1. The van der Waals surface area contributed by atoms with Crippen LogP contribution in [-0.4, -0.2) is 11.0 Å². The number of nitrogens with zero attached hydrogens (tertiary/aromatic N) is 1. The van der Waals surface area contributed by atoms with Crippen LogP contribution in [-0.2, 0) is 6.54 Å². The maximum atomic E-state index is 3.99. The Labute approximate surface area is 78.7 Å². The molecule has 0 saturated carbocycles. The van der Waals surface area contributed by atoms with Crippen molar-refractivity contribution in [1.29, 1.82) is 0 Å². The number of rotatable bonds is 3. The van der Waals surface area contributed by atoms with Crippen LogP contribution < -0.4 is 5.32 Å². The van der Waals surface area contributed by atoms with Crippen molar-refractivity contribution in [2.45, 2.75) is 25.4 Å². The molecule has 0 saturated heterocycles. The summed E-state index contributed by atoms with van der Waals surface area (Å²) in [5.41, 5.74) is 1.31.